The zero-order chi connectivity index (χ0) is 25.2. The first-order valence-electron chi connectivity index (χ1n) is 11.3. The SMILES string of the molecule is COc1cc(C(=O)N/N=C/c2ccc(OCc3ccccc3F)cc2)ccc1OCc1ccccc1. The van der Waals surface area contributed by atoms with Crippen LogP contribution in [0.25, 0.3) is 0 Å². The molecule has 4 aromatic rings. The first-order chi connectivity index (χ1) is 17.6. The Hall–Kier alpha value is -4.65. The van der Waals surface area contributed by atoms with E-state index in [1.165, 1.54) is 19.4 Å². The predicted octanol–water partition coefficient (Wildman–Crippen LogP) is 5.76. The van der Waals surface area contributed by atoms with Gasteiger partial charge in [-0.2, -0.15) is 5.10 Å². The van der Waals surface area contributed by atoms with Crippen LogP contribution in [0.5, 0.6) is 17.2 Å². The molecule has 0 saturated carbocycles. The van der Waals surface area contributed by atoms with Crippen LogP contribution in [-0.4, -0.2) is 19.2 Å². The van der Waals surface area contributed by atoms with E-state index in [0.717, 1.165) is 11.1 Å². The van der Waals surface area contributed by atoms with Crippen LogP contribution in [-0.2, 0) is 13.2 Å². The highest BCUT2D eigenvalue weighted by Crippen LogP contribution is 2.29. The van der Waals surface area contributed by atoms with Crippen LogP contribution in [0.15, 0.2) is 102 Å². The lowest BCUT2D eigenvalue weighted by molar-refractivity contribution is 0.0954. The maximum absolute atomic E-state index is 13.7. The number of ether oxygens (including phenoxy) is 3. The van der Waals surface area contributed by atoms with Crippen LogP contribution in [0, 0.1) is 5.82 Å². The summed E-state index contributed by atoms with van der Waals surface area (Å²) in [5.74, 6) is 0.904. The summed E-state index contributed by atoms with van der Waals surface area (Å²) in [6, 6.07) is 28.3. The second-order valence-electron chi connectivity index (χ2n) is 7.79. The molecule has 0 aliphatic rings. The van der Waals surface area contributed by atoms with Crippen molar-refractivity contribution in [2.45, 2.75) is 13.2 Å². The second kappa shape index (κ2) is 12.2. The number of hydrogen-bond donors (Lipinski definition) is 1. The fraction of sp³-hybridized carbons (Fsp3) is 0.103. The van der Waals surface area contributed by atoms with Crippen LogP contribution in [0.4, 0.5) is 4.39 Å². The summed E-state index contributed by atoms with van der Waals surface area (Å²) in [5.41, 5.74) is 5.16. The highest BCUT2D eigenvalue weighted by molar-refractivity contribution is 5.95. The number of methoxy groups -OCH3 is 1. The number of rotatable bonds is 10. The van der Waals surface area contributed by atoms with Gasteiger partial charge >= 0.3 is 0 Å². The molecule has 182 valence electrons. The topological polar surface area (TPSA) is 69.2 Å². The van der Waals surface area contributed by atoms with E-state index in [0.29, 0.717) is 35.0 Å². The lowest BCUT2D eigenvalue weighted by Crippen LogP contribution is -2.17. The Morgan fingerprint density at radius 1 is 0.861 bits per heavy atom. The molecule has 0 saturated heterocycles. The van der Waals surface area contributed by atoms with Gasteiger partial charge in [0.05, 0.1) is 13.3 Å². The highest BCUT2D eigenvalue weighted by Gasteiger charge is 2.11. The molecule has 1 N–H and O–H groups in total. The smallest absolute Gasteiger partial charge is 0.271 e. The number of nitrogens with zero attached hydrogens (tertiary/aromatic N) is 1. The lowest BCUT2D eigenvalue weighted by Gasteiger charge is -2.12. The molecule has 0 aliphatic carbocycles. The zero-order valence-corrected chi connectivity index (χ0v) is 19.7. The number of halogens is 1. The van der Waals surface area contributed by atoms with E-state index in [1.807, 2.05) is 30.3 Å². The molecule has 4 rings (SSSR count). The molecule has 0 heterocycles. The predicted molar refractivity (Wildman–Crippen MR) is 136 cm³/mol. The summed E-state index contributed by atoms with van der Waals surface area (Å²) in [5, 5.41) is 4.02. The summed E-state index contributed by atoms with van der Waals surface area (Å²) in [7, 11) is 1.52. The first kappa shape index (κ1) is 24.5. The molecule has 7 heteroatoms. The van der Waals surface area contributed by atoms with Crippen molar-refractivity contribution >= 4 is 12.1 Å². The Morgan fingerprint density at radius 2 is 1.61 bits per heavy atom. The third-order valence-corrected chi connectivity index (χ3v) is 5.27. The quantitative estimate of drug-likeness (QED) is 0.230. The van der Waals surface area contributed by atoms with Gasteiger partial charge in [-0.1, -0.05) is 48.5 Å². The van der Waals surface area contributed by atoms with Gasteiger partial charge in [-0.15, -0.1) is 0 Å². The first-order valence-corrected chi connectivity index (χ1v) is 11.3. The Kier molecular flexibility index (Phi) is 8.27. The van der Waals surface area contributed by atoms with Gasteiger partial charge in [0.2, 0.25) is 0 Å². The summed E-state index contributed by atoms with van der Waals surface area (Å²) < 4.78 is 30.5. The summed E-state index contributed by atoms with van der Waals surface area (Å²) in [4.78, 5) is 12.5. The molecule has 1 amide bonds. The molecule has 36 heavy (non-hydrogen) atoms. The second-order valence-corrected chi connectivity index (χ2v) is 7.79. The average Bonchev–Trinajstić information content (AvgIpc) is 2.92. The highest BCUT2D eigenvalue weighted by atomic mass is 19.1. The number of carbonyl (C=O) groups is 1. The zero-order valence-electron chi connectivity index (χ0n) is 19.7. The molecule has 0 unspecified atom stereocenters. The van der Waals surface area contributed by atoms with E-state index in [-0.39, 0.29) is 18.3 Å². The largest absolute Gasteiger partial charge is 0.493 e. The summed E-state index contributed by atoms with van der Waals surface area (Å²) in [6.45, 7) is 0.524. The number of amides is 1. The molecular weight excluding hydrogens is 459 g/mol. The number of benzene rings is 4. The number of hydrazone groups is 1. The van der Waals surface area contributed by atoms with E-state index in [1.54, 1.807) is 60.7 Å². The Bertz CT molecular complexity index is 1320. The van der Waals surface area contributed by atoms with E-state index in [2.05, 4.69) is 10.5 Å². The van der Waals surface area contributed by atoms with E-state index < -0.39 is 0 Å². The van der Waals surface area contributed by atoms with Crippen LogP contribution >= 0.6 is 0 Å². The van der Waals surface area contributed by atoms with Crippen molar-refractivity contribution in [3.05, 3.63) is 125 Å². The van der Waals surface area contributed by atoms with Crippen molar-refractivity contribution in [3.63, 3.8) is 0 Å². The number of carbonyl (C=O) groups excluding carboxylic acids is 1. The molecule has 0 fully saturated rings. The van der Waals surface area contributed by atoms with Crippen molar-refractivity contribution in [2.24, 2.45) is 5.10 Å². The third-order valence-electron chi connectivity index (χ3n) is 5.27. The fourth-order valence-corrected chi connectivity index (χ4v) is 3.32. The van der Waals surface area contributed by atoms with Gasteiger partial charge in [0, 0.05) is 11.1 Å². The van der Waals surface area contributed by atoms with Crippen LogP contribution < -0.4 is 19.6 Å². The Balaban J connectivity index is 1.30. The van der Waals surface area contributed by atoms with Gasteiger partial charge in [-0.25, -0.2) is 9.82 Å². The maximum atomic E-state index is 13.7. The van der Waals surface area contributed by atoms with Crippen molar-refractivity contribution < 1.29 is 23.4 Å². The normalized spacial score (nSPS) is 10.7. The molecule has 0 radical (unpaired) electrons. The van der Waals surface area contributed by atoms with E-state index in [4.69, 9.17) is 14.2 Å². The van der Waals surface area contributed by atoms with Crippen LogP contribution in [0.3, 0.4) is 0 Å². The Morgan fingerprint density at radius 3 is 2.36 bits per heavy atom. The van der Waals surface area contributed by atoms with Crippen molar-refractivity contribution in [3.8, 4) is 17.2 Å². The standard InChI is InChI=1S/C29H25FN2O4/c1-34-28-17-23(13-16-27(28)36-19-22-7-3-2-4-8-22)29(33)32-31-18-21-11-14-25(15-12-21)35-20-24-9-5-6-10-26(24)30/h2-18H,19-20H2,1H3,(H,32,33)/b31-18+. The monoisotopic (exact) mass is 484 g/mol. The van der Waals surface area contributed by atoms with Crippen molar-refractivity contribution in [2.75, 3.05) is 7.11 Å². The minimum Gasteiger partial charge on any atom is -0.493 e. The van der Waals surface area contributed by atoms with E-state index in [9.17, 15) is 9.18 Å². The fourth-order valence-electron chi connectivity index (χ4n) is 3.32. The minimum atomic E-state index is -0.385. The molecule has 6 nitrogen and oxygen atoms in total. The Labute approximate surface area is 209 Å². The van der Waals surface area contributed by atoms with Crippen LogP contribution in [0.1, 0.15) is 27.0 Å². The average molecular weight is 485 g/mol. The van der Waals surface area contributed by atoms with Gasteiger partial charge in [0.25, 0.3) is 5.91 Å². The molecular formula is C29H25FN2O4. The van der Waals surface area contributed by atoms with Gasteiger partial charge in [-0.05, 0) is 59.7 Å². The lowest BCUT2D eigenvalue weighted by atomic mass is 10.2. The molecule has 0 aromatic heterocycles. The van der Waals surface area contributed by atoms with E-state index >= 15 is 0 Å². The number of hydrogen-bond acceptors (Lipinski definition) is 5. The van der Waals surface area contributed by atoms with Gasteiger partial charge in [-0.3, -0.25) is 4.79 Å². The maximum Gasteiger partial charge on any atom is 0.271 e. The molecule has 0 atom stereocenters. The van der Waals surface area contributed by atoms with Crippen molar-refractivity contribution in [1.82, 2.24) is 5.43 Å². The van der Waals surface area contributed by atoms with Crippen LogP contribution in [0.2, 0.25) is 0 Å². The molecule has 0 bridgehead atoms. The minimum absolute atomic E-state index is 0.135. The number of nitrogens with one attached hydrogen (secondary N) is 1. The third kappa shape index (κ3) is 6.70. The summed E-state index contributed by atoms with van der Waals surface area (Å²) in [6.07, 6.45) is 1.52. The van der Waals surface area contributed by atoms with Crippen molar-refractivity contribution in [1.29, 1.82) is 0 Å². The summed E-state index contributed by atoms with van der Waals surface area (Å²) >= 11 is 0. The molecule has 0 spiro atoms. The van der Waals surface area contributed by atoms with Gasteiger partial charge in [0.15, 0.2) is 11.5 Å². The van der Waals surface area contributed by atoms with Gasteiger partial charge < -0.3 is 14.2 Å². The molecule has 0 aliphatic heterocycles. The van der Waals surface area contributed by atoms with Gasteiger partial charge in [0.1, 0.15) is 24.8 Å². The molecule has 4 aromatic carbocycles.